The lowest BCUT2D eigenvalue weighted by molar-refractivity contribution is 0.249. The fourth-order valence-corrected chi connectivity index (χ4v) is 4.97. The van der Waals surface area contributed by atoms with Crippen molar-refractivity contribution in [3.63, 3.8) is 0 Å². The molecular weight excluding hydrogens is 380 g/mol. The zero-order chi connectivity index (χ0) is 19.6. The van der Waals surface area contributed by atoms with Gasteiger partial charge in [0.25, 0.3) is 5.56 Å². The maximum atomic E-state index is 13.1. The molecule has 0 fully saturated rings. The maximum Gasteiger partial charge on any atom is 0.282 e. The molecule has 0 atom stereocenters. The number of nitrogens with zero attached hydrogens (tertiary/aromatic N) is 4. The van der Waals surface area contributed by atoms with Gasteiger partial charge in [0.1, 0.15) is 11.2 Å². The normalized spacial score (nSPS) is 14.5. The van der Waals surface area contributed by atoms with E-state index in [0.29, 0.717) is 0 Å². The molecule has 0 bridgehead atoms. The van der Waals surface area contributed by atoms with Crippen molar-refractivity contribution < 1.29 is 0 Å². The molecule has 6 heteroatoms. The molecule has 0 unspecified atom stereocenters. The van der Waals surface area contributed by atoms with Crippen LogP contribution in [0.25, 0.3) is 10.2 Å². The van der Waals surface area contributed by atoms with Gasteiger partial charge >= 0.3 is 0 Å². The van der Waals surface area contributed by atoms with Gasteiger partial charge in [0.2, 0.25) is 0 Å². The summed E-state index contributed by atoms with van der Waals surface area (Å²) in [5, 5.41) is 5.07. The van der Waals surface area contributed by atoms with Crippen molar-refractivity contribution in [1.82, 2.24) is 14.6 Å². The lowest BCUT2D eigenvalue weighted by Gasteiger charge is -2.26. The van der Waals surface area contributed by atoms with Crippen molar-refractivity contribution >= 4 is 27.8 Å². The van der Waals surface area contributed by atoms with Crippen molar-refractivity contribution in [3.05, 3.63) is 98.9 Å². The predicted molar refractivity (Wildman–Crippen MR) is 118 cm³/mol. The second kappa shape index (κ2) is 7.73. The Morgan fingerprint density at radius 1 is 1.07 bits per heavy atom. The molecule has 5 rings (SSSR count). The van der Waals surface area contributed by atoms with Crippen molar-refractivity contribution in [1.29, 1.82) is 0 Å². The standard InChI is InChI=1S/C23H20N4OS/c28-23-21-19-11-12-26(14-18-9-5-2-6-10-18)15-20(19)29-22(21)24-16-27(23)25-13-17-7-3-1-4-8-17/h1-10,13,16H,11-12,14-15H2/b25-13+. The third kappa shape index (κ3) is 3.64. The van der Waals surface area contributed by atoms with Gasteiger partial charge in [0.15, 0.2) is 0 Å². The fourth-order valence-electron chi connectivity index (χ4n) is 3.75. The Morgan fingerprint density at radius 2 is 1.83 bits per heavy atom. The Bertz CT molecular complexity index is 1230. The van der Waals surface area contributed by atoms with Gasteiger partial charge in [-0.15, -0.1) is 11.3 Å². The summed E-state index contributed by atoms with van der Waals surface area (Å²) in [7, 11) is 0. The van der Waals surface area contributed by atoms with Gasteiger partial charge in [-0.1, -0.05) is 60.7 Å². The van der Waals surface area contributed by atoms with Crippen LogP contribution >= 0.6 is 11.3 Å². The SMILES string of the molecule is O=c1c2c3c(sc2ncn1/N=C/c1ccccc1)CN(Cc1ccccc1)CC3. The molecule has 0 spiro atoms. The molecule has 0 saturated heterocycles. The molecule has 4 aromatic rings. The zero-order valence-electron chi connectivity index (χ0n) is 15.9. The van der Waals surface area contributed by atoms with Crippen LogP contribution < -0.4 is 5.56 Å². The summed E-state index contributed by atoms with van der Waals surface area (Å²) < 4.78 is 1.35. The molecule has 29 heavy (non-hydrogen) atoms. The second-order valence-corrected chi connectivity index (χ2v) is 8.26. The lowest BCUT2D eigenvalue weighted by atomic mass is 10.0. The average molecular weight is 401 g/mol. The zero-order valence-corrected chi connectivity index (χ0v) is 16.7. The van der Waals surface area contributed by atoms with Crippen molar-refractivity contribution in [2.75, 3.05) is 6.54 Å². The van der Waals surface area contributed by atoms with Crippen LogP contribution in [0.15, 0.2) is 76.9 Å². The monoisotopic (exact) mass is 400 g/mol. The van der Waals surface area contributed by atoms with Gasteiger partial charge in [0, 0.05) is 24.5 Å². The number of benzene rings is 2. The molecule has 1 aliphatic heterocycles. The van der Waals surface area contributed by atoms with E-state index < -0.39 is 0 Å². The Kier molecular flexibility index (Phi) is 4.79. The third-order valence-corrected chi connectivity index (χ3v) is 6.33. The molecule has 0 N–H and O–H groups in total. The van der Waals surface area contributed by atoms with Crippen LogP contribution in [0, 0.1) is 0 Å². The molecule has 5 nitrogen and oxygen atoms in total. The summed E-state index contributed by atoms with van der Waals surface area (Å²) in [6.07, 6.45) is 4.08. The molecule has 2 aromatic heterocycles. The molecule has 0 amide bonds. The van der Waals surface area contributed by atoms with Gasteiger partial charge < -0.3 is 0 Å². The Morgan fingerprint density at radius 3 is 2.62 bits per heavy atom. The third-order valence-electron chi connectivity index (χ3n) is 5.20. The van der Waals surface area contributed by atoms with Crippen molar-refractivity contribution in [2.45, 2.75) is 19.5 Å². The van der Waals surface area contributed by atoms with Crippen molar-refractivity contribution in [3.8, 4) is 0 Å². The minimum atomic E-state index is -0.0869. The van der Waals surface area contributed by atoms with Gasteiger partial charge in [-0.2, -0.15) is 9.78 Å². The van der Waals surface area contributed by atoms with E-state index >= 15 is 0 Å². The number of hydrogen-bond acceptors (Lipinski definition) is 5. The number of rotatable bonds is 4. The lowest BCUT2D eigenvalue weighted by Crippen LogP contribution is -2.29. The van der Waals surface area contributed by atoms with E-state index in [2.05, 4.69) is 39.3 Å². The first-order chi connectivity index (χ1) is 14.3. The summed E-state index contributed by atoms with van der Waals surface area (Å²) in [5.74, 6) is 0. The summed E-state index contributed by atoms with van der Waals surface area (Å²) >= 11 is 1.63. The highest BCUT2D eigenvalue weighted by Gasteiger charge is 2.23. The van der Waals surface area contributed by atoms with Gasteiger partial charge in [-0.3, -0.25) is 9.69 Å². The summed E-state index contributed by atoms with van der Waals surface area (Å²) in [6, 6.07) is 20.3. The Labute approximate surface area is 172 Å². The highest BCUT2D eigenvalue weighted by molar-refractivity contribution is 7.18. The second-order valence-electron chi connectivity index (χ2n) is 7.18. The van der Waals surface area contributed by atoms with Crippen LogP contribution in [0.1, 0.15) is 21.6 Å². The molecule has 144 valence electrons. The first-order valence-electron chi connectivity index (χ1n) is 9.65. The molecule has 0 aliphatic carbocycles. The van der Waals surface area contributed by atoms with E-state index in [0.717, 1.165) is 47.4 Å². The van der Waals surface area contributed by atoms with Crippen LogP contribution in [0.3, 0.4) is 0 Å². The van der Waals surface area contributed by atoms with Gasteiger partial charge in [-0.05, 0) is 23.1 Å². The minimum absolute atomic E-state index is 0.0869. The van der Waals surface area contributed by atoms with Crippen LogP contribution in [0.2, 0.25) is 0 Å². The van der Waals surface area contributed by atoms with Crippen LogP contribution in [-0.2, 0) is 19.5 Å². The van der Waals surface area contributed by atoms with E-state index in [9.17, 15) is 4.79 Å². The van der Waals surface area contributed by atoms with Gasteiger partial charge in [0.05, 0.1) is 11.6 Å². The molecule has 2 aromatic carbocycles. The number of aromatic nitrogens is 2. The van der Waals surface area contributed by atoms with Gasteiger partial charge in [-0.25, -0.2) is 4.98 Å². The van der Waals surface area contributed by atoms with Crippen LogP contribution in [0.4, 0.5) is 0 Å². The van der Waals surface area contributed by atoms with E-state index in [4.69, 9.17) is 0 Å². The largest absolute Gasteiger partial charge is 0.294 e. The predicted octanol–water partition coefficient (Wildman–Crippen LogP) is 3.90. The maximum absolute atomic E-state index is 13.1. The van der Waals surface area contributed by atoms with E-state index in [1.807, 2.05) is 36.4 Å². The van der Waals surface area contributed by atoms with Crippen molar-refractivity contribution in [2.24, 2.45) is 5.10 Å². The molecule has 0 saturated carbocycles. The minimum Gasteiger partial charge on any atom is -0.294 e. The molecule has 1 aliphatic rings. The number of thiophene rings is 1. The first-order valence-corrected chi connectivity index (χ1v) is 10.5. The van der Waals surface area contributed by atoms with E-state index in [1.165, 1.54) is 21.4 Å². The molecule has 0 radical (unpaired) electrons. The first kappa shape index (κ1) is 18.0. The quantitative estimate of drug-likeness (QED) is 0.488. The highest BCUT2D eigenvalue weighted by Crippen LogP contribution is 2.32. The summed E-state index contributed by atoms with van der Waals surface area (Å²) in [6.45, 7) is 2.72. The molecular formula is C23H20N4OS. The summed E-state index contributed by atoms with van der Waals surface area (Å²) in [4.78, 5) is 22.1. The van der Waals surface area contributed by atoms with Crippen LogP contribution in [-0.4, -0.2) is 27.3 Å². The molecule has 3 heterocycles. The average Bonchev–Trinajstić information content (AvgIpc) is 3.13. The number of hydrogen-bond donors (Lipinski definition) is 0. The Hall–Kier alpha value is -3.09. The topological polar surface area (TPSA) is 50.5 Å². The Balaban J connectivity index is 1.44. The fraction of sp³-hybridized carbons (Fsp3) is 0.174. The smallest absolute Gasteiger partial charge is 0.282 e. The van der Waals surface area contributed by atoms with E-state index in [1.54, 1.807) is 17.6 Å². The van der Waals surface area contributed by atoms with Crippen LogP contribution in [0.5, 0.6) is 0 Å². The number of fused-ring (bicyclic) bond motifs is 3. The highest BCUT2D eigenvalue weighted by atomic mass is 32.1. The summed E-state index contributed by atoms with van der Waals surface area (Å²) in [5.41, 5.74) is 3.32. The van der Waals surface area contributed by atoms with E-state index in [-0.39, 0.29) is 5.56 Å².